The lowest BCUT2D eigenvalue weighted by molar-refractivity contribution is 0.0978. The van der Waals surface area contributed by atoms with Crippen molar-refractivity contribution in [3.8, 4) is 5.75 Å². The highest BCUT2D eigenvalue weighted by Crippen LogP contribution is 2.36. The van der Waals surface area contributed by atoms with Gasteiger partial charge in [-0.2, -0.15) is 0 Å². The van der Waals surface area contributed by atoms with Gasteiger partial charge in [0.05, 0.1) is 5.52 Å². The standard InChI is InChI=1S/C24H30N4O2/c1-26-16-18(15-25-24(26)29)17-27-12-9-20(10-13-27)30-23-8-4-7-22-21(23)11-14-28(22)19-5-2-3-6-19/h4,7-8,11,14-16,19-20H,2-3,5-6,9-10,12-13,17H2,1H3. The molecule has 6 heteroatoms. The van der Waals surface area contributed by atoms with Crippen molar-refractivity contribution < 1.29 is 4.74 Å². The smallest absolute Gasteiger partial charge is 0.347 e. The van der Waals surface area contributed by atoms with Crippen LogP contribution in [0.1, 0.15) is 50.1 Å². The summed E-state index contributed by atoms with van der Waals surface area (Å²) in [5.74, 6) is 1.02. The number of aromatic nitrogens is 3. The molecule has 1 aromatic carbocycles. The van der Waals surface area contributed by atoms with E-state index in [0.29, 0.717) is 6.04 Å². The van der Waals surface area contributed by atoms with Gasteiger partial charge in [0.1, 0.15) is 11.9 Å². The number of ether oxygens (including phenoxy) is 1. The van der Waals surface area contributed by atoms with Gasteiger partial charge in [0.15, 0.2) is 0 Å². The molecule has 2 aliphatic rings. The molecule has 1 aliphatic carbocycles. The van der Waals surface area contributed by atoms with Crippen LogP contribution in [0.5, 0.6) is 5.75 Å². The molecule has 0 bridgehead atoms. The monoisotopic (exact) mass is 406 g/mol. The Bertz CT molecular complexity index is 1070. The number of hydrogen-bond acceptors (Lipinski definition) is 4. The van der Waals surface area contributed by atoms with Crippen molar-refractivity contribution in [2.75, 3.05) is 13.1 Å². The van der Waals surface area contributed by atoms with E-state index in [0.717, 1.165) is 43.8 Å². The van der Waals surface area contributed by atoms with E-state index in [1.807, 2.05) is 6.20 Å². The van der Waals surface area contributed by atoms with Crippen molar-refractivity contribution in [1.82, 2.24) is 19.0 Å². The van der Waals surface area contributed by atoms with Crippen LogP contribution in [0.25, 0.3) is 10.9 Å². The van der Waals surface area contributed by atoms with Crippen LogP contribution in [0.2, 0.25) is 0 Å². The minimum atomic E-state index is -0.207. The van der Waals surface area contributed by atoms with E-state index in [1.165, 1.54) is 36.6 Å². The Hall–Kier alpha value is -2.60. The van der Waals surface area contributed by atoms with Gasteiger partial charge in [-0.05, 0) is 43.9 Å². The predicted octanol–water partition coefficient (Wildman–Crippen LogP) is 3.89. The Morgan fingerprint density at radius 1 is 1.10 bits per heavy atom. The maximum Gasteiger partial charge on any atom is 0.347 e. The number of likely N-dealkylation sites (tertiary alicyclic amines) is 1. The SMILES string of the molecule is Cn1cc(CN2CCC(Oc3cccc4c3ccn4C3CCCC3)CC2)cnc1=O. The zero-order valence-electron chi connectivity index (χ0n) is 17.7. The first-order valence-electron chi connectivity index (χ1n) is 11.2. The molecule has 0 atom stereocenters. The van der Waals surface area contributed by atoms with Crippen LogP contribution in [0.15, 0.2) is 47.7 Å². The van der Waals surface area contributed by atoms with E-state index in [4.69, 9.17) is 4.74 Å². The van der Waals surface area contributed by atoms with Gasteiger partial charge >= 0.3 is 5.69 Å². The van der Waals surface area contributed by atoms with E-state index in [9.17, 15) is 4.79 Å². The largest absolute Gasteiger partial charge is 0.490 e. The summed E-state index contributed by atoms with van der Waals surface area (Å²) in [5, 5.41) is 1.24. The molecular formula is C24H30N4O2. The average molecular weight is 407 g/mol. The normalized spacial score (nSPS) is 19.0. The summed E-state index contributed by atoms with van der Waals surface area (Å²) in [6.45, 7) is 2.81. The lowest BCUT2D eigenvalue weighted by atomic mass is 10.1. The quantitative estimate of drug-likeness (QED) is 0.645. The molecule has 1 saturated carbocycles. The second-order valence-electron chi connectivity index (χ2n) is 8.80. The molecule has 0 radical (unpaired) electrons. The summed E-state index contributed by atoms with van der Waals surface area (Å²) in [6.07, 6.45) is 13.4. The molecule has 3 aromatic rings. The topological polar surface area (TPSA) is 52.3 Å². The van der Waals surface area contributed by atoms with Gasteiger partial charge in [-0.15, -0.1) is 0 Å². The lowest BCUT2D eigenvalue weighted by Gasteiger charge is -2.32. The zero-order chi connectivity index (χ0) is 20.5. The summed E-state index contributed by atoms with van der Waals surface area (Å²) in [6, 6.07) is 9.34. The summed E-state index contributed by atoms with van der Waals surface area (Å²) in [7, 11) is 1.75. The first kappa shape index (κ1) is 19.4. The fraction of sp³-hybridized carbons (Fsp3) is 0.500. The van der Waals surface area contributed by atoms with E-state index >= 15 is 0 Å². The average Bonchev–Trinajstić information content (AvgIpc) is 3.42. The predicted molar refractivity (Wildman–Crippen MR) is 118 cm³/mol. The van der Waals surface area contributed by atoms with Crippen molar-refractivity contribution in [3.63, 3.8) is 0 Å². The molecule has 1 saturated heterocycles. The fourth-order valence-electron chi connectivity index (χ4n) is 5.03. The summed E-state index contributed by atoms with van der Waals surface area (Å²) in [5.41, 5.74) is 2.18. The molecule has 0 N–H and O–H groups in total. The molecule has 2 aromatic heterocycles. The third kappa shape index (κ3) is 3.88. The number of hydrogen-bond donors (Lipinski definition) is 0. The number of rotatable bonds is 5. The van der Waals surface area contributed by atoms with Crippen LogP contribution in [-0.2, 0) is 13.6 Å². The lowest BCUT2D eigenvalue weighted by Crippen LogP contribution is -2.38. The minimum absolute atomic E-state index is 0.207. The Labute approximate surface area is 177 Å². The molecular weight excluding hydrogens is 376 g/mol. The van der Waals surface area contributed by atoms with Gasteiger partial charge < -0.3 is 13.9 Å². The minimum Gasteiger partial charge on any atom is -0.490 e. The second kappa shape index (κ2) is 8.26. The van der Waals surface area contributed by atoms with Crippen LogP contribution >= 0.6 is 0 Å². The molecule has 1 aliphatic heterocycles. The van der Waals surface area contributed by atoms with E-state index in [2.05, 4.69) is 44.9 Å². The van der Waals surface area contributed by atoms with Crippen molar-refractivity contribution >= 4 is 10.9 Å². The molecule has 6 nitrogen and oxygen atoms in total. The third-order valence-corrected chi connectivity index (χ3v) is 6.68. The van der Waals surface area contributed by atoms with E-state index in [-0.39, 0.29) is 11.8 Å². The van der Waals surface area contributed by atoms with Gasteiger partial charge in [-0.1, -0.05) is 18.9 Å². The zero-order valence-corrected chi connectivity index (χ0v) is 17.7. The van der Waals surface area contributed by atoms with Crippen LogP contribution in [0, 0.1) is 0 Å². The number of fused-ring (bicyclic) bond motifs is 1. The fourth-order valence-corrected chi connectivity index (χ4v) is 5.03. The molecule has 0 amide bonds. The molecule has 3 heterocycles. The van der Waals surface area contributed by atoms with Gasteiger partial charge in [0.2, 0.25) is 0 Å². The Kier molecular flexibility index (Phi) is 5.34. The Morgan fingerprint density at radius 2 is 1.90 bits per heavy atom. The number of benzene rings is 1. The molecule has 0 unspecified atom stereocenters. The molecule has 30 heavy (non-hydrogen) atoms. The maximum absolute atomic E-state index is 11.5. The van der Waals surface area contributed by atoms with Crippen molar-refractivity contribution in [3.05, 3.63) is 58.9 Å². The van der Waals surface area contributed by atoms with Crippen molar-refractivity contribution in [2.24, 2.45) is 7.05 Å². The van der Waals surface area contributed by atoms with Crippen LogP contribution < -0.4 is 10.4 Å². The van der Waals surface area contributed by atoms with Gasteiger partial charge in [-0.3, -0.25) is 4.90 Å². The van der Waals surface area contributed by atoms with Gasteiger partial charge in [-0.25, -0.2) is 9.78 Å². The first-order chi connectivity index (χ1) is 14.7. The molecule has 158 valence electrons. The molecule has 2 fully saturated rings. The first-order valence-corrected chi connectivity index (χ1v) is 11.2. The van der Waals surface area contributed by atoms with Crippen LogP contribution in [0.4, 0.5) is 0 Å². The third-order valence-electron chi connectivity index (χ3n) is 6.68. The van der Waals surface area contributed by atoms with E-state index < -0.39 is 0 Å². The number of nitrogens with zero attached hydrogens (tertiary/aromatic N) is 4. The summed E-state index contributed by atoms with van der Waals surface area (Å²) in [4.78, 5) is 17.8. The van der Waals surface area contributed by atoms with Crippen molar-refractivity contribution in [1.29, 1.82) is 0 Å². The van der Waals surface area contributed by atoms with Gasteiger partial charge in [0.25, 0.3) is 0 Å². The van der Waals surface area contributed by atoms with Gasteiger partial charge in [0, 0.05) is 62.3 Å². The summed E-state index contributed by atoms with van der Waals surface area (Å²) >= 11 is 0. The highest BCUT2D eigenvalue weighted by Gasteiger charge is 2.23. The highest BCUT2D eigenvalue weighted by atomic mass is 16.5. The van der Waals surface area contributed by atoms with E-state index in [1.54, 1.807) is 17.8 Å². The second-order valence-corrected chi connectivity index (χ2v) is 8.80. The maximum atomic E-state index is 11.5. The Morgan fingerprint density at radius 3 is 2.67 bits per heavy atom. The molecule has 0 spiro atoms. The molecule has 5 rings (SSSR count). The van der Waals surface area contributed by atoms with Crippen LogP contribution in [-0.4, -0.2) is 38.2 Å². The number of piperidine rings is 1. The van der Waals surface area contributed by atoms with Crippen LogP contribution in [0.3, 0.4) is 0 Å². The van der Waals surface area contributed by atoms with Crippen molar-refractivity contribution in [2.45, 2.75) is 57.2 Å². The highest BCUT2D eigenvalue weighted by molar-refractivity contribution is 5.86. The summed E-state index contributed by atoms with van der Waals surface area (Å²) < 4.78 is 10.5. The number of aryl methyl sites for hydroxylation is 1. The Balaban J connectivity index is 1.22.